The standard InChI is InChI=1S/C16H22ClNO3/c1-11(19)15(13-9-5-6-10-14(13)17)18(16(20)21)12-7-3-2-4-8-12/h5-6,9-12,15,19H,2-4,7-8H2,1H3,(H,20,21). The Balaban J connectivity index is 2.37. The molecule has 1 aromatic carbocycles. The Labute approximate surface area is 130 Å². The van der Waals surface area contributed by atoms with E-state index in [4.69, 9.17) is 11.6 Å². The molecule has 116 valence electrons. The van der Waals surface area contributed by atoms with E-state index in [1.165, 1.54) is 4.90 Å². The molecule has 1 aromatic rings. The molecule has 0 radical (unpaired) electrons. The average molecular weight is 312 g/mol. The van der Waals surface area contributed by atoms with Gasteiger partial charge in [0.15, 0.2) is 0 Å². The molecule has 2 unspecified atom stereocenters. The minimum absolute atomic E-state index is 0.0490. The monoisotopic (exact) mass is 311 g/mol. The van der Waals surface area contributed by atoms with E-state index in [-0.39, 0.29) is 6.04 Å². The van der Waals surface area contributed by atoms with Crippen LogP contribution in [0, 0.1) is 0 Å². The average Bonchev–Trinajstić information content (AvgIpc) is 2.46. The molecule has 2 rings (SSSR count). The van der Waals surface area contributed by atoms with Crippen molar-refractivity contribution in [2.75, 3.05) is 0 Å². The summed E-state index contributed by atoms with van der Waals surface area (Å²) in [5.74, 6) is 0. The van der Waals surface area contributed by atoms with Crippen molar-refractivity contribution >= 4 is 17.7 Å². The van der Waals surface area contributed by atoms with Crippen LogP contribution in [0.1, 0.15) is 50.6 Å². The fourth-order valence-electron chi connectivity index (χ4n) is 3.22. The van der Waals surface area contributed by atoms with Gasteiger partial charge in [-0.05, 0) is 31.4 Å². The molecular formula is C16H22ClNO3. The van der Waals surface area contributed by atoms with E-state index in [0.717, 1.165) is 32.1 Å². The number of hydrogen-bond donors (Lipinski definition) is 2. The third kappa shape index (κ3) is 3.69. The molecule has 0 bridgehead atoms. The molecule has 1 aliphatic rings. The lowest BCUT2D eigenvalue weighted by atomic mass is 9.91. The van der Waals surface area contributed by atoms with Gasteiger partial charge in [0, 0.05) is 11.1 Å². The molecule has 1 amide bonds. The van der Waals surface area contributed by atoms with Crippen molar-refractivity contribution in [3.63, 3.8) is 0 Å². The van der Waals surface area contributed by atoms with Crippen molar-refractivity contribution in [1.82, 2.24) is 4.90 Å². The smallest absolute Gasteiger partial charge is 0.408 e. The Hall–Kier alpha value is -1.26. The van der Waals surface area contributed by atoms with E-state index in [0.29, 0.717) is 10.6 Å². The highest BCUT2D eigenvalue weighted by Gasteiger charge is 2.36. The number of hydrogen-bond acceptors (Lipinski definition) is 2. The molecule has 0 heterocycles. The van der Waals surface area contributed by atoms with Gasteiger partial charge < -0.3 is 10.2 Å². The molecular weight excluding hydrogens is 290 g/mol. The number of nitrogens with zero attached hydrogens (tertiary/aromatic N) is 1. The van der Waals surface area contributed by atoms with Crippen LogP contribution in [-0.4, -0.2) is 33.4 Å². The summed E-state index contributed by atoms with van der Waals surface area (Å²) in [6.45, 7) is 1.62. The van der Waals surface area contributed by atoms with Gasteiger partial charge in [-0.3, -0.25) is 4.90 Å². The fraction of sp³-hybridized carbons (Fsp3) is 0.562. The van der Waals surface area contributed by atoms with Crippen LogP contribution >= 0.6 is 11.6 Å². The van der Waals surface area contributed by atoms with E-state index >= 15 is 0 Å². The largest absolute Gasteiger partial charge is 0.465 e. The maximum atomic E-state index is 11.8. The maximum Gasteiger partial charge on any atom is 0.408 e. The Bertz CT molecular complexity index is 486. The number of rotatable bonds is 4. The van der Waals surface area contributed by atoms with Gasteiger partial charge in [0.1, 0.15) is 0 Å². The molecule has 1 fully saturated rings. The molecule has 21 heavy (non-hydrogen) atoms. The second-order valence-electron chi connectivity index (χ2n) is 5.69. The highest BCUT2D eigenvalue weighted by atomic mass is 35.5. The van der Waals surface area contributed by atoms with E-state index in [2.05, 4.69) is 0 Å². The van der Waals surface area contributed by atoms with E-state index < -0.39 is 18.2 Å². The summed E-state index contributed by atoms with van der Waals surface area (Å²) in [6, 6.07) is 6.46. The Morgan fingerprint density at radius 3 is 2.43 bits per heavy atom. The molecule has 0 spiro atoms. The summed E-state index contributed by atoms with van der Waals surface area (Å²) in [4.78, 5) is 13.2. The van der Waals surface area contributed by atoms with Crippen LogP contribution in [0.5, 0.6) is 0 Å². The third-order valence-electron chi connectivity index (χ3n) is 4.17. The summed E-state index contributed by atoms with van der Waals surface area (Å²) < 4.78 is 0. The Morgan fingerprint density at radius 2 is 1.90 bits per heavy atom. The maximum absolute atomic E-state index is 11.8. The van der Waals surface area contributed by atoms with Gasteiger partial charge in [0.25, 0.3) is 0 Å². The first kappa shape index (κ1) is 16.1. The summed E-state index contributed by atoms with van der Waals surface area (Å²) in [6.07, 6.45) is 3.10. The van der Waals surface area contributed by atoms with Gasteiger partial charge in [-0.25, -0.2) is 4.79 Å². The molecule has 2 N–H and O–H groups in total. The van der Waals surface area contributed by atoms with Gasteiger partial charge in [-0.2, -0.15) is 0 Å². The SMILES string of the molecule is CC(O)C(c1ccccc1Cl)N(C(=O)O)C1CCCCC1. The zero-order valence-electron chi connectivity index (χ0n) is 12.2. The van der Waals surface area contributed by atoms with E-state index in [1.54, 1.807) is 25.1 Å². The molecule has 4 nitrogen and oxygen atoms in total. The van der Waals surface area contributed by atoms with Crippen molar-refractivity contribution in [1.29, 1.82) is 0 Å². The van der Waals surface area contributed by atoms with E-state index in [1.807, 2.05) is 6.07 Å². The Kier molecular flexibility index (Phi) is 5.48. The van der Waals surface area contributed by atoms with Gasteiger partial charge in [0.2, 0.25) is 0 Å². The number of halogens is 1. The number of aliphatic hydroxyl groups is 1. The number of benzene rings is 1. The summed E-state index contributed by atoms with van der Waals surface area (Å²) in [7, 11) is 0. The quantitative estimate of drug-likeness (QED) is 0.881. The van der Waals surface area contributed by atoms with E-state index in [9.17, 15) is 15.0 Å². The molecule has 0 saturated heterocycles. The number of carbonyl (C=O) groups is 1. The van der Waals surface area contributed by atoms with Crippen LogP contribution in [-0.2, 0) is 0 Å². The first-order chi connectivity index (χ1) is 10.0. The van der Waals surface area contributed by atoms with Crippen molar-refractivity contribution in [3.8, 4) is 0 Å². The van der Waals surface area contributed by atoms with Crippen LogP contribution in [0.2, 0.25) is 5.02 Å². The van der Waals surface area contributed by atoms with Crippen molar-refractivity contribution in [2.45, 2.75) is 57.2 Å². The lowest BCUT2D eigenvalue weighted by molar-refractivity contribution is 0.0256. The molecule has 0 aliphatic heterocycles. The second-order valence-corrected chi connectivity index (χ2v) is 6.10. The normalized spacial score (nSPS) is 19.0. The molecule has 2 atom stereocenters. The predicted octanol–water partition coefficient (Wildman–Crippen LogP) is 4.07. The minimum Gasteiger partial charge on any atom is -0.465 e. The first-order valence-electron chi connectivity index (χ1n) is 7.46. The van der Waals surface area contributed by atoms with Crippen LogP contribution in [0.15, 0.2) is 24.3 Å². The fourth-order valence-corrected chi connectivity index (χ4v) is 3.47. The first-order valence-corrected chi connectivity index (χ1v) is 7.84. The van der Waals surface area contributed by atoms with Crippen molar-refractivity contribution in [2.24, 2.45) is 0 Å². The van der Waals surface area contributed by atoms with Crippen LogP contribution < -0.4 is 0 Å². The molecule has 0 aromatic heterocycles. The lowest BCUT2D eigenvalue weighted by Gasteiger charge is -2.39. The van der Waals surface area contributed by atoms with Crippen LogP contribution in [0.25, 0.3) is 0 Å². The van der Waals surface area contributed by atoms with Crippen LogP contribution in [0.4, 0.5) is 4.79 Å². The minimum atomic E-state index is -0.993. The van der Waals surface area contributed by atoms with Crippen LogP contribution in [0.3, 0.4) is 0 Å². The van der Waals surface area contributed by atoms with Gasteiger partial charge in [-0.15, -0.1) is 0 Å². The lowest BCUT2D eigenvalue weighted by Crippen LogP contribution is -2.46. The third-order valence-corrected chi connectivity index (χ3v) is 4.51. The zero-order valence-corrected chi connectivity index (χ0v) is 13.0. The summed E-state index contributed by atoms with van der Waals surface area (Å²) in [5, 5.41) is 20.3. The number of aliphatic hydroxyl groups excluding tert-OH is 1. The summed E-state index contributed by atoms with van der Waals surface area (Å²) in [5.41, 5.74) is 0.669. The summed E-state index contributed by atoms with van der Waals surface area (Å²) >= 11 is 6.22. The zero-order chi connectivity index (χ0) is 15.4. The van der Waals surface area contributed by atoms with Crippen molar-refractivity contribution < 1.29 is 15.0 Å². The topological polar surface area (TPSA) is 60.8 Å². The number of carboxylic acid groups (broad SMARTS) is 1. The predicted molar refractivity (Wildman–Crippen MR) is 82.6 cm³/mol. The second kappa shape index (κ2) is 7.14. The highest BCUT2D eigenvalue weighted by Crippen LogP contribution is 2.35. The van der Waals surface area contributed by atoms with Gasteiger partial charge in [0.05, 0.1) is 12.1 Å². The highest BCUT2D eigenvalue weighted by molar-refractivity contribution is 6.31. The Morgan fingerprint density at radius 1 is 1.29 bits per heavy atom. The molecule has 5 heteroatoms. The number of amides is 1. The molecule has 1 aliphatic carbocycles. The van der Waals surface area contributed by atoms with Gasteiger partial charge in [-0.1, -0.05) is 49.1 Å². The van der Waals surface area contributed by atoms with Crippen molar-refractivity contribution in [3.05, 3.63) is 34.9 Å². The molecule has 1 saturated carbocycles. The van der Waals surface area contributed by atoms with Gasteiger partial charge >= 0.3 is 6.09 Å².